The van der Waals surface area contributed by atoms with Gasteiger partial charge in [0.1, 0.15) is 11.7 Å². The van der Waals surface area contributed by atoms with Crippen LogP contribution in [0.2, 0.25) is 0 Å². The predicted octanol–water partition coefficient (Wildman–Crippen LogP) is 3.16. The molecule has 2 aliphatic heterocycles. The Hall–Kier alpha value is -3.70. The first-order valence-electron chi connectivity index (χ1n) is 10.6. The van der Waals surface area contributed by atoms with Gasteiger partial charge in [-0.15, -0.1) is 0 Å². The quantitative estimate of drug-likeness (QED) is 0.491. The fraction of sp³-hybridized carbons (Fsp3) is 0.348. The van der Waals surface area contributed by atoms with Gasteiger partial charge < -0.3 is 4.90 Å². The molecular weight excluding hydrogens is 477 g/mol. The van der Waals surface area contributed by atoms with E-state index in [0.717, 1.165) is 12.3 Å². The first-order chi connectivity index (χ1) is 16.4. The maximum atomic E-state index is 14.6. The largest absolute Gasteiger partial charge is 0.418 e. The first-order valence-corrected chi connectivity index (χ1v) is 10.6. The molecule has 2 aromatic rings. The molecule has 0 aliphatic carbocycles. The van der Waals surface area contributed by atoms with Crippen molar-refractivity contribution in [1.29, 1.82) is 0 Å². The number of nitrogens with one attached hydrogen (secondary N) is 1. The van der Waals surface area contributed by atoms with Crippen molar-refractivity contribution in [2.45, 2.75) is 50.4 Å². The molecule has 1 atom stereocenters. The lowest BCUT2D eigenvalue weighted by Crippen LogP contribution is -2.52. The molecule has 7 nitrogen and oxygen atoms in total. The molecular formula is C23H18F5N3O4. The Bertz CT molecular complexity index is 1230. The Morgan fingerprint density at radius 3 is 2.54 bits per heavy atom. The standard InChI is InChI=1S/C23H18F5N3O4/c24-22(25,19-15(23(26,27)28)2-1-9-29-19)17(32)7-4-12-3-5-14-13(10-12)11-31(21(14)35)16-6-8-18(33)30-20(16)34/h1-3,5,9-10,16H,4,6-8,11H2,(H,30,33,34). The van der Waals surface area contributed by atoms with E-state index in [0.29, 0.717) is 22.8 Å². The molecule has 3 heterocycles. The van der Waals surface area contributed by atoms with Crippen LogP contribution in [0.3, 0.4) is 0 Å². The zero-order valence-corrected chi connectivity index (χ0v) is 18.0. The number of nitrogens with zero attached hydrogens (tertiary/aromatic N) is 2. The fourth-order valence-corrected chi connectivity index (χ4v) is 4.21. The molecule has 0 bridgehead atoms. The molecule has 35 heavy (non-hydrogen) atoms. The molecule has 0 spiro atoms. The van der Waals surface area contributed by atoms with Gasteiger partial charge in [-0.1, -0.05) is 12.1 Å². The van der Waals surface area contributed by atoms with Crippen LogP contribution in [0, 0.1) is 0 Å². The van der Waals surface area contributed by atoms with E-state index in [1.807, 2.05) is 0 Å². The minimum atomic E-state index is -5.10. The average Bonchev–Trinajstić information content (AvgIpc) is 3.12. The van der Waals surface area contributed by atoms with Crippen molar-refractivity contribution in [1.82, 2.24) is 15.2 Å². The lowest BCUT2D eigenvalue weighted by atomic mass is 9.97. The number of Topliss-reactive ketones (excluding diaryl/α,β-unsaturated/α-hetero) is 1. The highest BCUT2D eigenvalue weighted by Crippen LogP contribution is 2.39. The SMILES string of the molecule is O=C1CCC(N2Cc3cc(CCC(=O)C(F)(F)c4ncccc4C(F)(F)F)ccc3C2=O)C(=O)N1. The number of ketones is 1. The van der Waals surface area contributed by atoms with Gasteiger partial charge in [-0.3, -0.25) is 29.5 Å². The number of amides is 3. The smallest absolute Gasteiger partial charge is 0.322 e. The second kappa shape index (κ2) is 8.82. The van der Waals surface area contributed by atoms with Gasteiger partial charge >= 0.3 is 12.1 Å². The second-order valence-corrected chi connectivity index (χ2v) is 8.29. The van der Waals surface area contributed by atoms with Gasteiger partial charge in [0.05, 0.1) is 5.56 Å². The van der Waals surface area contributed by atoms with Crippen LogP contribution in [0.25, 0.3) is 0 Å². The van der Waals surface area contributed by atoms with Gasteiger partial charge in [-0.2, -0.15) is 22.0 Å². The molecule has 0 saturated carbocycles. The van der Waals surface area contributed by atoms with E-state index in [-0.39, 0.29) is 25.8 Å². The summed E-state index contributed by atoms with van der Waals surface area (Å²) in [6.45, 7) is 0.0568. The lowest BCUT2D eigenvalue weighted by Gasteiger charge is -2.29. The molecule has 2 aliphatic rings. The Morgan fingerprint density at radius 1 is 1.11 bits per heavy atom. The molecule has 184 valence electrons. The predicted molar refractivity (Wildman–Crippen MR) is 109 cm³/mol. The van der Waals surface area contributed by atoms with Crippen LogP contribution in [0.15, 0.2) is 36.5 Å². The number of imide groups is 1. The number of carbonyl (C=O) groups is 4. The van der Waals surface area contributed by atoms with Crippen molar-refractivity contribution in [2.75, 3.05) is 0 Å². The first kappa shape index (κ1) is 24.4. The summed E-state index contributed by atoms with van der Waals surface area (Å²) in [7, 11) is 0. The number of rotatable bonds is 6. The summed E-state index contributed by atoms with van der Waals surface area (Å²) in [4.78, 5) is 52.9. The summed E-state index contributed by atoms with van der Waals surface area (Å²) in [6.07, 6.45) is -5.04. The second-order valence-electron chi connectivity index (χ2n) is 8.29. The summed E-state index contributed by atoms with van der Waals surface area (Å²) in [5.74, 6) is -7.58. The maximum Gasteiger partial charge on any atom is 0.418 e. The van der Waals surface area contributed by atoms with Crippen molar-refractivity contribution in [2.24, 2.45) is 0 Å². The summed E-state index contributed by atoms with van der Waals surface area (Å²) >= 11 is 0. The fourth-order valence-electron chi connectivity index (χ4n) is 4.21. The average molecular weight is 495 g/mol. The Labute approximate surface area is 195 Å². The van der Waals surface area contributed by atoms with Gasteiger partial charge in [-0.05, 0) is 42.2 Å². The third-order valence-corrected chi connectivity index (χ3v) is 5.99. The van der Waals surface area contributed by atoms with Crippen molar-refractivity contribution >= 4 is 23.5 Å². The lowest BCUT2D eigenvalue weighted by molar-refractivity contribution is -0.152. The van der Waals surface area contributed by atoms with Gasteiger partial charge in [0.2, 0.25) is 17.6 Å². The van der Waals surface area contributed by atoms with E-state index in [4.69, 9.17) is 0 Å². The van der Waals surface area contributed by atoms with Gasteiger partial charge in [0.25, 0.3) is 5.91 Å². The van der Waals surface area contributed by atoms with Crippen molar-refractivity contribution in [3.8, 4) is 0 Å². The summed E-state index contributed by atoms with van der Waals surface area (Å²) in [6, 6.07) is 4.91. The van der Waals surface area contributed by atoms with E-state index >= 15 is 0 Å². The van der Waals surface area contributed by atoms with Crippen molar-refractivity contribution in [3.05, 3.63) is 64.5 Å². The molecule has 4 rings (SSSR count). The van der Waals surface area contributed by atoms with E-state index in [2.05, 4.69) is 10.3 Å². The minimum Gasteiger partial charge on any atom is -0.322 e. The summed E-state index contributed by atoms with van der Waals surface area (Å²) < 4.78 is 68.5. The summed E-state index contributed by atoms with van der Waals surface area (Å²) in [5, 5.41) is 2.18. The zero-order valence-electron chi connectivity index (χ0n) is 18.0. The van der Waals surface area contributed by atoms with Crippen LogP contribution in [0.1, 0.15) is 52.0 Å². The number of hydrogen-bond acceptors (Lipinski definition) is 5. The molecule has 1 aromatic heterocycles. The van der Waals surface area contributed by atoms with E-state index in [1.165, 1.54) is 23.1 Å². The van der Waals surface area contributed by atoms with E-state index in [1.54, 1.807) is 0 Å². The molecule has 12 heteroatoms. The molecule has 0 radical (unpaired) electrons. The van der Waals surface area contributed by atoms with Crippen LogP contribution in [0.4, 0.5) is 22.0 Å². The number of fused-ring (bicyclic) bond motifs is 1. The third-order valence-electron chi connectivity index (χ3n) is 5.99. The number of benzene rings is 1. The van der Waals surface area contributed by atoms with Crippen LogP contribution in [0.5, 0.6) is 0 Å². The molecule has 1 fully saturated rings. The zero-order chi connectivity index (χ0) is 25.5. The summed E-state index contributed by atoms with van der Waals surface area (Å²) in [5.41, 5.74) is -2.08. The molecule has 1 unspecified atom stereocenters. The highest BCUT2D eigenvalue weighted by molar-refractivity contribution is 6.05. The number of halogens is 5. The van der Waals surface area contributed by atoms with Crippen LogP contribution in [-0.4, -0.2) is 39.4 Å². The Kier molecular flexibility index (Phi) is 6.16. The number of alkyl halides is 5. The van der Waals surface area contributed by atoms with Gasteiger partial charge in [0.15, 0.2) is 0 Å². The minimum absolute atomic E-state index is 0.0568. The number of piperidine rings is 1. The Morgan fingerprint density at radius 2 is 1.86 bits per heavy atom. The monoisotopic (exact) mass is 495 g/mol. The molecule has 1 aromatic carbocycles. The third kappa shape index (κ3) is 4.64. The number of hydrogen-bond donors (Lipinski definition) is 1. The highest BCUT2D eigenvalue weighted by atomic mass is 19.4. The molecule has 3 amide bonds. The van der Waals surface area contributed by atoms with Crippen LogP contribution in [-0.2, 0) is 39.4 Å². The van der Waals surface area contributed by atoms with Crippen molar-refractivity contribution < 1.29 is 41.1 Å². The van der Waals surface area contributed by atoms with Gasteiger partial charge in [0, 0.05) is 31.1 Å². The normalized spacial score (nSPS) is 18.5. The Balaban J connectivity index is 1.46. The number of aryl methyl sites for hydroxylation is 1. The molecule has 1 saturated heterocycles. The maximum absolute atomic E-state index is 14.6. The number of aromatic nitrogens is 1. The number of carbonyl (C=O) groups excluding carboxylic acids is 4. The van der Waals surface area contributed by atoms with Crippen molar-refractivity contribution in [3.63, 3.8) is 0 Å². The van der Waals surface area contributed by atoms with Gasteiger partial charge in [-0.25, -0.2) is 0 Å². The molecule has 1 N–H and O–H groups in total. The van der Waals surface area contributed by atoms with E-state index in [9.17, 15) is 41.1 Å². The highest BCUT2D eigenvalue weighted by Gasteiger charge is 2.48. The van der Waals surface area contributed by atoms with Crippen LogP contribution < -0.4 is 5.32 Å². The van der Waals surface area contributed by atoms with E-state index < -0.39 is 59.3 Å². The number of pyridine rings is 1. The van der Waals surface area contributed by atoms with Crippen LogP contribution >= 0.6 is 0 Å². The topological polar surface area (TPSA) is 96.4 Å².